The highest BCUT2D eigenvalue weighted by atomic mass is 16.4. The third kappa shape index (κ3) is 3.02. The molecule has 1 aliphatic heterocycles. The van der Waals surface area contributed by atoms with E-state index in [1.807, 2.05) is 0 Å². The van der Waals surface area contributed by atoms with Crippen LogP contribution in [-0.4, -0.2) is 60.0 Å². The molecule has 1 fully saturated rings. The van der Waals surface area contributed by atoms with Gasteiger partial charge in [0.1, 0.15) is 0 Å². The molecule has 1 saturated heterocycles. The van der Waals surface area contributed by atoms with E-state index in [2.05, 4.69) is 0 Å². The molecule has 1 heterocycles. The van der Waals surface area contributed by atoms with E-state index < -0.39 is 5.97 Å². The van der Waals surface area contributed by atoms with Gasteiger partial charge in [-0.2, -0.15) is 0 Å². The topological polar surface area (TPSA) is 60.9 Å². The standard InChI is InChI=1S/C8H14N2O3/c1-9-3-2-4-10(5-7(9)11)6-8(12)13/h2-6H2,1H3,(H,12,13). The quantitative estimate of drug-likeness (QED) is 0.615. The summed E-state index contributed by atoms with van der Waals surface area (Å²) in [4.78, 5) is 25.0. The summed E-state index contributed by atoms with van der Waals surface area (Å²) in [6.45, 7) is 1.58. The Balaban J connectivity index is 2.49. The van der Waals surface area contributed by atoms with Crippen LogP contribution in [0.3, 0.4) is 0 Å². The summed E-state index contributed by atoms with van der Waals surface area (Å²) in [5.74, 6) is -0.879. The first kappa shape index (κ1) is 9.98. The van der Waals surface area contributed by atoms with Crippen molar-refractivity contribution < 1.29 is 14.7 Å². The molecule has 0 aromatic rings. The lowest BCUT2D eigenvalue weighted by Crippen LogP contribution is -2.37. The van der Waals surface area contributed by atoms with E-state index in [0.717, 1.165) is 13.0 Å². The van der Waals surface area contributed by atoms with Gasteiger partial charge in [-0.15, -0.1) is 0 Å². The highest BCUT2D eigenvalue weighted by molar-refractivity contribution is 5.79. The molecular formula is C8H14N2O3. The summed E-state index contributed by atoms with van der Waals surface area (Å²) in [5, 5.41) is 8.54. The largest absolute Gasteiger partial charge is 0.480 e. The normalized spacial score (nSPS) is 20.1. The Morgan fingerprint density at radius 1 is 1.54 bits per heavy atom. The summed E-state index contributed by atoms with van der Waals surface area (Å²) in [6, 6.07) is 0. The second-order valence-electron chi connectivity index (χ2n) is 3.27. The zero-order valence-electron chi connectivity index (χ0n) is 7.69. The molecule has 0 spiro atoms. The van der Waals surface area contributed by atoms with Crippen LogP contribution in [0.4, 0.5) is 0 Å². The third-order valence-corrected chi connectivity index (χ3v) is 2.11. The first-order chi connectivity index (χ1) is 6.09. The fourth-order valence-electron chi connectivity index (χ4n) is 1.37. The van der Waals surface area contributed by atoms with Crippen LogP contribution in [0.15, 0.2) is 0 Å². The lowest BCUT2D eigenvalue weighted by molar-refractivity contribution is -0.139. The summed E-state index contributed by atoms with van der Waals surface area (Å²) in [7, 11) is 1.74. The number of amides is 1. The van der Waals surface area contributed by atoms with Crippen molar-refractivity contribution in [2.45, 2.75) is 6.42 Å². The SMILES string of the molecule is CN1CCCN(CC(=O)O)CC1=O. The van der Waals surface area contributed by atoms with Gasteiger partial charge in [-0.3, -0.25) is 14.5 Å². The van der Waals surface area contributed by atoms with Crippen molar-refractivity contribution in [2.75, 3.05) is 33.2 Å². The van der Waals surface area contributed by atoms with E-state index in [0.29, 0.717) is 6.54 Å². The van der Waals surface area contributed by atoms with Crippen LogP contribution in [0.5, 0.6) is 0 Å². The van der Waals surface area contributed by atoms with Crippen molar-refractivity contribution in [3.63, 3.8) is 0 Å². The number of carbonyl (C=O) groups is 2. The van der Waals surface area contributed by atoms with Gasteiger partial charge < -0.3 is 10.0 Å². The van der Waals surface area contributed by atoms with Gasteiger partial charge >= 0.3 is 5.97 Å². The average Bonchev–Trinajstić information content (AvgIpc) is 2.14. The maximum Gasteiger partial charge on any atom is 0.317 e. The molecule has 5 heteroatoms. The zero-order valence-corrected chi connectivity index (χ0v) is 7.69. The minimum Gasteiger partial charge on any atom is -0.480 e. The number of nitrogens with zero attached hydrogens (tertiary/aromatic N) is 2. The van der Waals surface area contributed by atoms with Crippen LogP contribution in [0.1, 0.15) is 6.42 Å². The first-order valence-corrected chi connectivity index (χ1v) is 4.27. The lowest BCUT2D eigenvalue weighted by atomic mass is 10.4. The van der Waals surface area contributed by atoms with Crippen molar-refractivity contribution in [1.82, 2.24) is 9.80 Å². The predicted octanol–water partition coefficient (Wildman–Crippen LogP) is -0.765. The first-order valence-electron chi connectivity index (χ1n) is 4.27. The fourth-order valence-corrected chi connectivity index (χ4v) is 1.37. The summed E-state index contributed by atoms with van der Waals surface area (Å²) in [5.41, 5.74) is 0. The molecular weight excluding hydrogens is 172 g/mol. The molecule has 0 radical (unpaired) electrons. The minimum atomic E-state index is -0.877. The molecule has 0 aromatic carbocycles. The Kier molecular flexibility index (Phi) is 3.25. The average molecular weight is 186 g/mol. The Bertz CT molecular complexity index is 217. The second kappa shape index (κ2) is 4.23. The maximum atomic E-state index is 11.3. The van der Waals surface area contributed by atoms with Crippen LogP contribution in [0, 0.1) is 0 Å². The molecule has 1 rings (SSSR count). The van der Waals surface area contributed by atoms with E-state index in [1.165, 1.54) is 0 Å². The molecule has 1 amide bonds. The summed E-state index contributed by atoms with van der Waals surface area (Å²) in [6.07, 6.45) is 0.843. The Hall–Kier alpha value is -1.10. The number of rotatable bonds is 2. The monoisotopic (exact) mass is 186 g/mol. The fraction of sp³-hybridized carbons (Fsp3) is 0.750. The molecule has 0 bridgehead atoms. The van der Waals surface area contributed by atoms with Crippen LogP contribution >= 0.6 is 0 Å². The lowest BCUT2D eigenvalue weighted by Gasteiger charge is -2.16. The van der Waals surface area contributed by atoms with Gasteiger partial charge in [0.2, 0.25) is 5.91 Å². The third-order valence-electron chi connectivity index (χ3n) is 2.11. The number of carboxylic acid groups (broad SMARTS) is 1. The number of carboxylic acids is 1. The molecule has 74 valence electrons. The number of hydrogen-bond acceptors (Lipinski definition) is 3. The molecule has 13 heavy (non-hydrogen) atoms. The molecule has 0 unspecified atom stereocenters. The second-order valence-corrected chi connectivity index (χ2v) is 3.27. The van der Waals surface area contributed by atoms with E-state index in [9.17, 15) is 9.59 Å². The van der Waals surface area contributed by atoms with E-state index in [1.54, 1.807) is 16.8 Å². The Labute approximate surface area is 76.9 Å². The molecule has 1 aliphatic rings. The molecule has 1 N–H and O–H groups in total. The van der Waals surface area contributed by atoms with Gasteiger partial charge in [0.25, 0.3) is 0 Å². The van der Waals surface area contributed by atoms with Crippen LogP contribution in [0.25, 0.3) is 0 Å². The van der Waals surface area contributed by atoms with E-state index in [-0.39, 0.29) is 19.0 Å². The van der Waals surface area contributed by atoms with Gasteiger partial charge in [-0.25, -0.2) is 0 Å². The van der Waals surface area contributed by atoms with Crippen LogP contribution in [0.2, 0.25) is 0 Å². The molecule has 0 atom stereocenters. The van der Waals surface area contributed by atoms with E-state index >= 15 is 0 Å². The molecule has 0 aromatic heterocycles. The van der Waals surface area contributed by atoms with Gasteiger partial charge in [0.05, 0.1) is 13.1 Å². The van der Waals surface area contributed by atoms with Gasteiger partial charge in [-0.1, -0.05) is 0 Å². The van der Waals surface area contributed by atoms with Crippen molar-refractivity contribution in [2.24, 2.45) is 0 Å². The van der Waals surface area contributed by atoms with Gasteiger partial charge in [0.15, 0.2) is 0 Å². The number of likely N-dealkylation sites (N-methyl/N-ethyl adjacent to an activating group) is 1. The van der Waals surface area contributed by atoms with Gasteiger partial charge in [0, 0.05) is 20.1 Å². The predicted molar refractivity (Wildman–Crippen MR) is 46.3 cm³/mol. The van der Waals surface area contributed by atoms with Crippen LogP contribution < -0.4 is 0 Å². The van der Waals surface area contributed by atoms with Crippen LogP contribution in [-0.2, 0) is 9.59 Å². The smallest absolute Gasteiger partial charge is 0.317 e. The number of aliphatic carboxylic acids is 1. The van der Waals surface area contributed by atoms with Crippen molar-refractivity contribution >= 4 is 11.9 Å². The zero-order chi connectivity index (χ0) is 9.84. The highest BCUT2D eigenvalue weighted by Gasteiger charge is 2.19. The van der Waals surface area contributed by atoms with Crippen molar-refractivity contribution in [3.8, 4) is 0 Å². The minimum absolute atomic E-state index is 0.00116. The molecule has 0 aliphatic carbocycles. The molecule has 5 nitrogen and oxygen atoms in total. The van der Waals surface area contributed by atoms with E-state index in [4.69, 9.17) is 5.11 Å². The van der Waals surface area contributed by atoms with Gasteiger partial charge in [-0.05, 0) is 6.42 Å². The highest BCUT2D eigenvalue weighted by Crippen LogP contribution is 2.01. The maximum absolute atomic E-state index is 11.3. The van der Waals surface area contributed by atoms with Crippen molar-refractivity contribution in [1.29, 1.82) is 0 Å². The van der Waals surface area contributed by atoms with Crippen molar-refractivity contribution in [3.05, 3.63) is 0 Å². The summed E-state index contributed by atoms with van der Waals surface area (Å²) >= 11 is 0. The number of hydrogen-bond donors (Lipinski definition) is 1. The molecule has 0 saturated carbocycles. The Morgan fingerprint density at radius 3 is 2.85 bits per heavy atom. The summed E-state index contributed by atoms with van der Waals surface area (Å²) < 4.78 is 0. The number of carbonyl (C=O) groups excluding carboxylic acids is 1. The Morgan fingerprint density at radius 2 is 2.23 bits per heavy atom.